The number of aliphatic hydroxyl groups excluding tert-OH is 1. The molecule has 17 heavy (non-hydrogen) atoms. The van der Waals surface area contributed by atoms with Gasteiger partial charge in [-0.1, -0.05) is 31.4 Å². The molecule has 3 heteroatoms. The molecule has 1 saturated carbocycles. The molecule has 94 valence electrons. The number of aliphatic hydroxyl groups is 1. The van der Waals surface area contributed by atoms with Gasteiger partial charge in [-0.25, -0.2) is 4.39 Å². The summed E-state index contributed by atoms with van der Waals surface area (Å²) in [6, 6.07) is 6.15. The number of ether oxygens (including phenoxy) is 1. The average molecular weight is 238 g/mol. The fourth-order valence-corrected chi connectivity index (χ4v) is 2.72. The van der Waals surface area contributed by atoms with Gasteiger partial charge >= 0.3 is 0 Å². The second-order valence-corrected chi connectivity index (χ2v) is 4.79. The second kappa shape index (κ2) is 5.15. The lowest BCUT2D eigenvalue weighted by Crippen LogP contribution is -2.40. The smallest absolute Gasteiger partial charge is 0.123 e. The van der Waals surface area contributed by atoms with Crippen molar-refractivity contribution >= 4 is 0 Å². The summed E-state index contributed by atoms with van der Waals surface area (Å²) in [5.41, 5.74) is 0.0697. The lowest BCUT2D eigenvalue weighted by Gasteiger charge is -2.40. The third-order valence-corrected chi connectivity index (χ3v) is 3.77. The molecule has 1 fully saturated rings. The number of benzene rings is 1. The molecule has 2 nitrogen and oxygen atoms in total. The Balaban J connectivity index is 2.24. The molecule has 0 bridgehead atoms. The average Bonchev–Trinajstić information content (AvgIpc) is 2.38. The Bertz CT molecular complexity index is 372. The van der Waals surface area contributed by atoms with Gasteiger partial charge in [0.1, 0.15) is 11.9 Å². The summed E-state index contributed by atoms with van der Waals surface area (Å²) in [5, 5.41) is 10.4. The van der Waals surface area contributed by atoms with E-state index in [1.54, 1.807) is 19.2 Å². The molecule has 0 aliphatic heterocycles. The van der Waals surface area contributed by atoms with Gasteiger partial charge in [0.05, 0.1) is 5.60 Å². The first-order chi connectivity index (χ1) is 8.18. The Morgan fingerprint density at radius 3 is 2.59 bits per heavy atom. The molecule has 1 aromatic carbocycles. The molecule has 0 heterocycles. The highest BCUT2D eigenvalue weighted by Crippen LogP contribution is 2.41. The van der Waals surface area contributed by atoms with Crippen LogP contribution in [0, 0.1) is 5.82 Å². The van der Waals surface area contributed by atoms with E-state index in [9.17, 15) is 9.50 Å². The van der Waals surface area contributed by atoms with Crippen molar-refractivity contribution in [3.8, 4) is 0 Å². The zero-order valence-corrected chi connectivity index (χ0v) is 10.2. The molecule has 1 aliphatic carbocycles. The molecule has 0 saturated heterocycles. The minimum Gasteiger partial charge on any atom is -0.385 e. The fraction of sp³-hybridized carbons (Fsp3) is 0.571. The summed E-state index contributed by atoms with van der Waals surface area (Å²) in [7, 11) is 1.63. The number of halogens is 1. The van der Waals surface area contributed by atoms with E-state index < -0.39 is 11.7 Å². The molecule has 0 spiro atoms. The van der Waals surface area contributed by atoms with E-state index in [-0.39, 0.29) is 5.82 Å². The van der Waals surface area contributed by atoms with Crippen LogP contribution < -0.4 is 0 Å². The monoisotopic (exact) mass is 238 g/mol. The first kappa shape index (κ1) is 12.5. The number of hydrogen-bond acceptors (Lipinski definition) is 2. The molecule has 2 rings (SSSR count). The van der Waals surface area contributed by atoms with Crippen molar-refractivity contribution in [2.24, 2.45) is 0 Å². The van der Waals surface area contributed by atoms with Gasteiger partial charge in [-0.2, -0.15) is 0 Å². The van der Waals surface area contributed by atoms with Gasteiger partial charge in [-0.3, -0.25) is 0 Å². The van der Waals surface area contributed by atoms with Crippen LogP contribution in [0.1, 0.15) is 43.8 Å². The summed E-state index contributed by atoms with van der Waals surface area (Å²) in [6.45, 7) is 0. The Kier molecular flexibility index (Phi) is 3.79. The van der Waals surface area contributed by atoms with Gasteiger partial charge in [-0.05, 0) is 30.5 Å². The van der Waals surface area contributed by atoms with Crippen LogP contribution in [-0.4, -0.2) is 17.8 Å². The zero-order valence-electron chi connectivity index (χ0n) is 10.2. The zero-order chi connectivity index (χ0) is 12.3. The molecular weight excluding hydrogens is 219 g/mol. The van der Waals surface area contributed by atoms with Gasteiger partial charge < -0.3 is 9.84 Å². The maximum atomic E-state index is 13.2. The minimum absolute atomic E-state index is 0.316. The molecule has 0 aromatic heterocycles. The predicted octanol–water partition coefficient (Wildman–Crippen LogP) is 3.21. The van der Waals surface area contributed by atoms with Crippen molar-refractivity contribution in [2.45, 2.75) is 43.8 Å². The molecule has 1 N–H and O–H groups in total. The topological polar surface area (TPSA) is 29.5 Å². The Labute approximate surface area is 101 Å². The standard InChI is InChI=1S/C14H19FO2/c1-17-14(8-3-2-4-9-14)13(16)11-6-5-7-12(15)10-11/h5-7,10,13,16H,2-4,8-9H2,1H3. The number of rotatable bonds is 3. The van der Waals surface area contributed by atoms with E-state index in [2.05, 4.69) is 0 Å². The van der Waals surface area contributed by atoms with E-state index in [0.29, 0.717) is 5.56 Å². The third kappa shape index (κ3) is 2.50. The van der Waals surface area contributed by atoms with Crippen molar-refractivity contribution in [2.75, 3.05) is 7.11 Å². The third-order valence-electron chi connectivity index (χ3n) is 3.77. The van der Waals surface area contributed by atoms with Crippen LogP contribution in [0.25, 0.3) is 0 Å². The normalized spacial score (nSPS) is 21.1. The molecular formula is C14H19FO2. The Hall–Kier alpha value is -0.930. The summed E-state index contributed by atoms with van der Waals surface area (Å²) in [5.74, 6) is -0.316. The van der Waals surface area contributed by atoms with Crippen molar-refractivity contribution in [3.05, 3.63) is 35.6 Å². The lowest BCUT2D eigenvalue weighted by molar-refractivity contribution is -0.125. The fourth-order valence-electron chi connectivity index (χ4n) is 2.72. The van der Waals surface area contributed by atoms with Crippen molar-refractivity contribution in [1.82, 2.24) is 0 Å². The Morgan fingerprint density at radius 1 is 1.29 bits per heavy atom. The van der Waals surface area contributed by atoms with Gasteiger partial charge in [0.15, 0.2) is 0 Å². The first-order valence-electron chi connectivity index (χ1n) is 6.17. The van der Waals surface area contributed by atoms with Crippen LogP contribution in [0.2, 0.25) is 0 Å². The molecule has 1 aliphatic rings. The van der Waals surface area contributed by atoms with E-state index in [4.69, 9.17) is 4.74 Å². The quantitative estimate of drug-likeness (QED) is 0.876. The van der Waals surface area contributed by atoms with E-state index in [0.717, 1.165) is 25.7 Å². The van der Waals surface area contributed by atoms with Crippen molar-refractivity contribution in [1.29, 1.82) is 0 Å². The van der Waals surface area contributed by atoms with Crippen LogP contribution in [0.5, 0.6) is 0 Å². The summed E-state index contributed by atoms with van der Waals surface area (Å²) < 4.78 is 18.7. The SMILES string of the molecule is COC1(C(O)c2cccc(F)c2)CCCCC1. The highest BCUT2D eigenvalue weighted by atomic mass is 19.1. The van der Waals surface area contributed by atoms with Gasteiger partial charge in [0.2, 0.25) is 0 Å². The number of hydrogen-bond donors (Lipinski definition) is 1. The molecule has 1 unspecified atom stereocenters. The summed E-state index contributed by atoms with van der Waals surface area (Å²) >= 11 is 0. The van der Waals surface area contributed by atoms with Gasteiger partial charge in [-0.15, -0.1) is 0 Å². The second-order valence-electron chi connectivity index (χ2n) is 4.79. The van der Waals surface area contributed by atoms with Crippen LogP contribution in [0.4, 0.5) is 4.39 Å². The highest BCUT2D eigenvalue weighted by molar-refractivity contribution is 5.22. The lowest BCUT2D eigenvalue weighted by atomic mass is 9.78. The Morgan fingerprint density at radius 2 is 2.00 bits per heavy atom. The van der Waals surface area contributed by atoms with E-state index >= 15 is 0 Å². The van der Waals surface area contributed by atoms with E-state index in [1.165, 1.54) is 18.6 Å². The molecule has 0 radical (unpaired) electrons. The number of methoxy groups -OCH3 is 1. The van der Waals surface area contributed by atoms with Gasteiger partial charge in [0.25, 0.3) is 0 Å². The maximum Gasteiger partial charge on any atom is 0.123 e. The maximum absolute atomic E-state index is 13.2. The van der Waals surface area contributed by atoms with Crippen LogP contribution >= 0.6 is 0 Å². The summed E-state index contributed by atoms with van der Waals surface area (Å²) in [6.07, 6.45) is 4.22. The highest BCUT2D eigenvalue weighted by Gasteiger charge is 2.40. The molecule has 1 aromatic rings. The molecule has 0 amide bonds. The van der Waals surface area contributed by atoms with E-state index in [1.807, 2.05) is 0 Å². The predicted molar refractivity (Wildman–Crippen MR) is 64.2 cm³/mol. The first-order valence-corrected chi connectivity index (χ1v) is 6.17. The van der Waals surface area contributed by atoms with Gasteiger partial charge in [0, 0.05) is 7.11 Å². The van der Waals surface area contributed by atoms with Crippen LogP contribution in [0.3, 0.4) is 0 Å². The largest absolute Gasteiger partial charge is 0.385 e. The summed E-state index contributed by atoms with van der Waals surface area (Å²) in [4.78, 5) is 0. The van der Waals surface area contributed by atoms with Crippen LogP contribution in [0.15, 0.2) is 24.3 Å². The van der Waals surface area contributed by atoms with Crippen molar-refractivity contribution in [3.63, 3.8) is 0 Å². The minimum atomic E-state index is -0.747. The van der Waals surface area contributed by atoms with Crippen molar-refractivity contribution < 1.29 is 14.2 Å². The molecule has 1 atom stereocenters. The van der Waals surface area contributed by atoms with Crippen LogP contribution in [-0.2, 0) is 4.74 Å².